The van der Waals surface area contributed by atoms with E-state index >= 15 is 0 Å². The van der Waals surface area contributed by atoms with Crippen molar-refractivity contribution in [2.45, 2.75) is 12.7 Å². The van der Waals surface area contributed by atoms with E-state index in [9.17, 15) is 4.79 Å². The largest absolute Gasteiger partial charge is 0.282 e. The highest BCUT2D eigenvalue weighted by Gasteiger charge is 1.97. The lowest BCUT2D eigenvalue weighted by atomic mass is 10.2. The van der Waals surface area contributed by atoms with Gasteiger partial charge in [-0.25, -0.2) is 0 Å². The number of thioether (sulfide) groups is 1. The van der Waals surface area contributed by atoms with Gasteiger partial charge in [0.05, 0.1) is 0 Å². The number of hydrogen-bond donors (Lipinski definition) is 0. The topological polar surface area (TPSA) is 17.1 Å². The van der Waals surface area contributed by atoms with Gasteiger partial charge in [-0.1, -0.05) is 48.2 Å². The molecule has 0 aliphatic heterocycles. The second-order valence-corrected chi connectivity index (χ2v) is 3.57. The molecule has 0 N–H and O–H groups in total. The van der Waals surface area contributed by atoms with Crippen LogP contribution in [0.3, 0.4) is 0 Å². The number of allylic oxidation sites excluding steroid dienone is 1. The quantitative estimate of drug-likeness (QED) is 0.685. The molecule has 1 rings (SSSR count). The Morgan fingerprint density at radius 3 is 2.69 bits per heavy atom. The van der Waals surface area contributed by atoms with Crippen molar-refractivity contribution in [3.05, 3.63) is 48.0 Å². The Kier molecular flexibility index (Phi) is 4.33. The maximum atomic E-state index is 11.1. The van der Waals surface area contributed by atoms with Crippen LogP contribution >= 0.6 is 11.8 Å². The summed E-state index contributed by atoms with van der Waals surface area (Å²) in [6, 6.07) is 9.99. The van der Waals surface area contributed by atoms with Crippen LogP contribution in [-0.2, 0) is 10.5 Å². The van der Waals surface area contributed by atoms with E-state index in [0.29, 0.717) is 0 Å². The van der Waals surface area contributed by atoms with E-state index in [0.717, 1.165) is 5.75 Å². The Labute approximate surface area is 82.9 Å². The Balaban J connectivity index is 2.40. The monoisotopic (exact) mass is 192 g/mol. The SMILES string of the molecule is CC=CC(=O)SCc1ccccc1. The van der Waals surface area contributed by atoms with Gasteiger partial charge in [-0.3, -0.25) is 4.79 Å². The lowest BCUT2D eigenvalue weighted by molar-refractivity contribution is -0.107. The third-order valence-electron chi connectivity index (χ3n) is 1.53. The first kappa shape index (κ1) is 10.1. The third kappa shape index (κ3) is 3.95. The average Bonchev–Trinajstić information content (AvgIpc) is 2.17. The predicted octanol–water partition coefficient (Wildman–Crippen LogP) is 3.02. The molecule has 0 bridgehead atoms. The van der Waals surface area contributed by atoms with E-state index in [2.05, 4.69) is 0 Å². The maximum Gasteiger partial charge on any atom is 0.212 e. The third-order valence-corrected chi connectivity index (χ3v) is 2.42. The van der Waals surface area contributed by atoms with Crippen LogP contribution in [0.25, 0.3) is 0 Å². The summed E-state index contributed by atoms with van der Waals surface area (Å²) in [5.74, 6) is 0.754. The summed E-state index contributed by atoms with van der Waals surface area (Å²) in [7, 11) is 0. The van der Waals surface area contributed by atoms with Gasteiger partial charge in [0.25, 0.3) is 0 Å². The molecule has 0 heterocycles. The van der Waals surface area contributed by atoms with Crippen LogP contribution in [0.15, 0.2) is 42.5 Å². The maximum absolute atomic E-state index is 11.1. The molecule has 0 aliphatic carbocycles. The molecule has 0 unspecified atom stereocenters. The molecule has 0 atom stereocenters. The van der Waals surface area contributed by atoms with Gasteiger partial charge in [0, 0.05) is 5.75 Å². The minimum Gasteiger partial charge on any atom is -0.282 e. The summed E-state index contributed by atoms with van der Waals surface area (Å²) < 4.78 is 0. The highest BCUT2D eigenvalue weighted by molar-refractivity contribution is 8.13. The normalized spacial score (nSPS) is 10.5. The number of benzene rings is 1. The van der Waals surface area contributed by atoms with Crippen molar-refractivity contribution in [2.75, 3.05) is 0 Å². The Hall–Kier alpha value is -1.02. The van der Waals surface area contributed by atoms with Crippen molar-refractivity contribution in [2.24, 2.45) is 0 Å². The molecule has 0 amide bonds. The summed E-state index contributed by atoms with van der Waals surface area (Å²) in [5, 5.41) is 0.117. The minimum atomic E-state index is 0.117. The second kappa shape index (κ2) is 5.60. The van der Waals surface area contributed by atoms with Crippen molar-refractivity contribution in [1.82, 2.24) is 0 Å². The first-order chi connectivity index (χ1) is 6.33. The van der Waals surface area contributed by atoms with Crippen LogP contribution in [0.1, 0.15) is 12.5 Å². The molecule has 0 saturated carbocycles. The van der Waals surface area contributed by atoms with E-state index in [-0.39, 0.29) is 5.12 Å². The van der Waals surface area contributed by atoms with Gasteiger partial charge in [-0.2, -0.15) is 0 Å². The molecule has 1 aromatic rings. The molecule has 0 aromatic heterocycles. The van der Waals surface area contributed by atoms with E-state index in [4.69, 9.17) is 0 Å². The average molecular weight is 192 g/mol. The number of hydrogen-bond acceptors (Lipinski definition) is 2. The lowest BCUT2D eigenvalue weighted by Gasteiger charge is -1.96. The minimum absolute atomic E-state index is 0.117. The van der Waals surface area contributed by atoms with E-state index in [1.165, 1.54) is 17.3 Å². The summed E-state index contributed by atoms with van der Waals surface area (Å²) in [5.41, 5.74) is 1.19. The van der Waals surface area contributed by atoms with Gasteiger partial charge in [0.15, 0.2) is 0 Å². The predicted molar refractivity (Wildman–Crippen MR) is 57.6 cm³/mol. The zero-order chi connectivity index (χ0) is 9.52. The molecule has 1 aromatic carbocycles. The summed E-state index contributed by atoms with van der Waals surface area (Å²) in [4.78, 5) is 11.1. The number of carbonyl (C=O) groups is 1. The molecular weight excluding hydrogens is 180 g/mol. The zero-order valence-electron chi connectivity index (χ0n) is 7.57. The van der Waals surface area contributed by atoms with Crippen LogP contribution in [0, 0.1) is 0 Å². The van der Waals surface area contributed by atoms with E-state index in [1.807, 2.05) is 37.3 Å². The summed E-state index contributed by atoms with van der Waals surface area (Å²) >= 11 is 1.33. The van der Waals surface area contributed by atoms with Crippen molar-refractivity contribution in [3.63, 3.8) is 0 Å². The molecular formula is C11H12OS. The Morgan fingerprint density at radius 1 is 1.38 bits per heavy atom. The van der Waals surface area contributed by atoms with Gasteiger partial charge in [-0.15, -0.1) is 0 Å². The molecule has 0 saturated heterocycles. The summed E-state index contributed by atoms with van der Waals surface area (Å²) in [6.45, 7) is 1.85. The van der Waals surface area contributed by atoms with Gasteiger partial charge < -0.3 is 0 Å². The fraction of sp³-hybridized carbons (Fsp3) is 0.182. The summed E-state index contributed by atoms with van der Waals surface area (Å²) in [6.07, 6.45) is 3.36. The van der Waals surface area contributed by atoms with Crippen LogP contribution in [-0.4, -0.2) is 5.12 Å². The van der Waals surface area contributed by atoms with Crippen LogP contribution in [0.4, 0.5) is 0 Å². The van der Waals surface area contributed by atoms with Gasteiger partial charge >= 0.3 is 0 Å². The van der Waals surface area contributed by atoms with Gasteiger partial charge in [0.1, 0.15) is 0 Å². The molecule has 1 nitrogen and oxygen atoms in total. The molecule has 0 radical (unpaired) electrons. The fourth-order valence-electron chi connectivity index (χ4n) is 0.913. The lowest BCUT2D eigenvalue weighted by Crippen LogP contribution is -1.86. The molecule has 0 fully saturated rings. The zero-order valence-corrected chi connectivity index (χ0v) is 8.38. The van der Waals surface area contributed by atoms with Crippen LogP contribution < -0.4 is 0 Å². The number of carbonyl (C=O) groups excluding carboxylic acids is 1. The number of rotatable bonds is 3. The smallest absolute Gasteiger partial charge is 0.212 e. The van der Waals surface area contributed by atoms with Crippen molar-refractivity contribution in [1.29, 1.82) is 0 Å². The van der Waals surface area contributed by atoms with Crippen molar-refractivity contribution < 1.29 is 4.79 Å². The highest BCUT2D eigenvalue weighted by Crippen LogP contribution is 2.12. The van der Waals surface area contributed by atoms with Crippen molar-refractivity contribution >= 4 is 16.9 Å². The van der Waals surface area contributed by atoms with Gasteiger partial charge in [0.2, 0.25) is 5.12 Å². The molecule has 13 heavy (non-hydrogen) atoms. The van der Waals surface area contributed by atoms with E-state index < -0.39 is 0 Å². The van der Waals surface area contributed by atoms with Crippen LogP contribution in [0.5, 0.6) is 0 Å². The van der Waals surface area contributed by atoms with E-state index in [1.54, 1.807) is 12.2 Å². The molecule has 68 valence electrons. The first-order valence-corrected chi connectivity index (χ1v) is 5.15. The highest BCUT2D eigenvalue weighted by atomic mass is 32.2. The standard InChI is InChI=1S/C11H12OS/c1-2-6-11(12)13-9-10-7-4-3-5-8-10/h2-8H,9H2,1H3. The van der Waals surface area contributed by atoms with Crippen molar-refractivity contribution in [3.8, 4) is 0 Å². The van der Waals surface area contributed by atoms with Crippen LogP contribution in [0.2, 0.25) is 0 Å². The molecule has 0 spiro atoms. The Bertz CT molecular complexity index is 290. The molecule has 0 aliphatic rings. The fourth-order valence-corrected chi connectivity index (χ4v) is 1.65. The molecule has 2 heteroatoms. The first-order valence-electron chi connectivity index (χ1n) is 4.16. The van der Waals surface area contributed by atoms with Gasteiger partial charge in [-0.05, 0) is 18.6 Å². The Morgan fingerprint density at radius 2 is 2.08 bits per heavy atom. The second-order valence-electron chi connectivity index (χ2n) is 2.59.